The maximum absolute atomic E-state index is 12.2. The standard InChI is InChI=1S/C25H24N2O6/c1-18(25(30)27-26-15-19-7-9-21(10-8-19)32-17-24(28)29)33-23-13-11-22(12-14-23)31-16-20-5-3-2-4-6-20/h2-15,18H,16-17H2,1H3,(H,27,30)(H,28,29). The van der Waals surface area contributed by atoms with E-state index < -0.39 is 24.6 Å². The van der Waals surface area contributed by atoms with Crippen molar-refractivity contribution in [2.24, 2.45) is 5.10 Å². The van der Waals surface area contributed by atoms with E-state index in [0.29, 0.717) is 29.4 Å². The van der Waals surface area contributed by atoms with Gasteiger partial charge in [-0.15, -0.1) is 0 Å². The molecule has 1 amide bonds. The minimum atomic E-state index is -1.05. The number of nitrogens with one attached hydrogen (secondary N) is 1. The molecule has 0 aliphatic heterocycles. The van der Waals surface area contributed by atoms with Crippen LogP contribution in [0.25, 0.3) is 0 Å². The van der Waals surface area contributed by atoms with E-state index >= 15 is 0 Å². The molecule has 3 rings (SSSR count). The topological polar surface area (TPSA) is 106 Å². The Morgan fingerprint density at radius 1 is 0.909 bits per heavy atom. The molecule has 8 nitrogen and oxygen atoms in total. The van der Waals surface area contributed by atoms with E-state index in [2.05, 4.69) is 10.5 Å². The highest BCUT2D eigenvalue weighted by molar-refractivity contribution is 5.84. The maximum Gasteiger partial charge on any atom is 0.341 e. The molecule has 0 saturated heterocycles. The lowest BCUT2D eigenvalue weighted by Gasteiger charge is -2.13. The molecule has 0 radical (unpaired) electrons. The summed E-state index contributed by atoms with van der Waals surface area (Å²) in [7, 11) is 0. The van der Waals surface area contributed by atoms with Gasteiger partial charge >= 0.3 is 5.97 Å². The summed E-state index contributed by atoms with van der Waals surface area (Å²) in [4.78, 5) is 22.7. The molecule has 0 saturated carbocycles. The molecule has 0 aliphatic carbocycles. The fourth-order valence-corrected chi connectivity index (χ4v) is 2.67. The maximum atomic E-state index is 12.2. The minimum Gasteiger partial charge on any atom is -0.489 e. The van der Waals surface area contributed by atoms with Gasteiger partial charge in [-0.3, -0.25) is 4.79 Å². The number of carboxylic acid groups (broad SMARTS) is 1. The van der Waals surface area contributed by atoms with Crippen LogP contribution in [0.15, 0.2) is 84.0 Å². The molecule has 33 heavy (non-hydrogen) atoms. The van der Waals surface area contributed by atoms with Crippen molar-refractivity contribution in [2.45, 2.75) is 19.6 Å². The average Bonchev–Trinajstić information content (AvgIpc) is 2.83. The molecule has 8 heteroatoms. The fraction of sp³-hybridized carbons (Fsp3) is 0.160. The van der Waals surface area contributed by atoms with Gasteiger partial charge in [-0.2, -0.15) is 5.10 Å². The molecule has 170 valence electrons. The quantitative estimate of drug-likeness (QED) is 0.343. The van der Waals surface area contributed by atoms with E-state index in [4.69, 9.17) is 19.3 Å². The van der Waals surface area contributed by atoms with Crippen LogP contribution in [0.1, 0.15) is 18.1 Å². The van der Waals surface area contributed by atoms with Gasteiger partial charge in [-0.1, -0.05) is 30.3 Å². The largest absolute Gasteiger partial charge is 0.489 e. The van der Waals surface area contributed by atoms with Crippen LogP contribution < -0.4 is 19.6 Å². The van der Waals surface area contributed by atoms with E-state index in [9.17, 15) is 9.59 Å². The van der Waals surface area contributed by atoms with Crippen LogP contribution in [-0.2, 0) is 16.2 Å². The lowest BCUT2D eigenvalue weighted by molar-refractivity contribution is -0.139. The van der Waals surface area contributed by atoms with Crippen molar-refractivity contribution in [1.29, 1.82) is 0 Å². The van der Waals surface area contributed by atoms with Crippen molar-refractivity contribution >= 4 is 18.1 Å². The van der Waals surface area contributed by atoms with Gasteiger partial charge < -0.3 is 19.3 Å². The number of aliphatic carboxylic acids is 1. The Kier molecular flexibility index (Phi) is 8.41. The highest BCUT2D eigenvalue weighted by atomic mass is 16.5. The van der Waals surface area contributed by atoms with E-state index in [0.717, 1.165) is 5.56 Å². The smallest absolute Gasteiger partial charge is 0.341 e. The fourth-order valence-electron chi connectivity index (χ4n) is 2.67. The SMILES string of the molecule is CC(Oc1ccc(OCc2ccccc2)cc1)C(=O)NN=Cc1ccc(OCC(=O)O)cc1. The third-order valence-electron chi connectivity index (χ3n) is 4.38. The summed E-state index contributed by atoms with van der Waals surface area (Å²) in [6, 6.07) is 23.5. The number of ether oxygens (including phenoxy) is 3. The number of carbonyl (C=O) groups is 2. The molecule has 1 unspecified atom stereocenters. The minimum absolute atomic E-state index is 0.405. The molecule has 0 bridgehead atoms. The van der Waals surface area contributed by atoms with Gasteiger partial charge in [0.25, 0.3) is 5.91 Å². The number of nitrogens with zero attached hydrogens (tertiary/aromatic N) is 1. The van der Waals surface area contributed by atoms with Crippen molar-refractivity contribution in [3.8, 4) is 17.2 Å². The summed E-state index contributed by atoms with van der Waals surface area (Å²) < 4.78 is 16.4. The first kappa shape index (κ1) is 23.3. The summed E-state index contributed by atoms with van der Waals surface area (Å²) in [5.41, 5.74) is 4.21. The molecule has 3 aromatic carbocycles. The normalized spacial score (nSPS) is 11.5. The molecular formula is C25H24N2O6. The van der Waals surface area contributed by atoms with Crippen molar-refractivity contribution in [1.82, 2.24) is 5.43 Å². The van der Waals surface area contributed by atoms with Crippen LogP contribution in [0.4, 0.5) is 0 Å². The number of hydrogen-bond donors (Lipinski definition) is 2. The second-order valence-electron chi connectivity index (χ2n) is 6.99. The summed E-state index contributed by atoms with van der Waals surface area (Å²) >= 11 is 0. The summed E-state index contributed by atoms with van der Waals surface area (Å²) in [5.74, 6) is 0.208. The van der Waals surface area contributed by atoms with Gasteiger partial charge in [-0.25, -0.2) is 10.2 Å². The molecule has 2 N–H and O–H groups in total. The summed E-state index contributed by atoms with van der Waals surface area (Å²) in [6.07, 6.45) is 0.704. The predicted octanol–water partition coefficient (Wildman–Crippen LogP) is 3.65. The number of benzene rings is 3. The Morgan fingerprint density at radius 2 is 1.52 bits per heavy atom. The molecule has 0 spiro atoms. The van der Waals surface area contributed by atoms with Crippen LogP contribution in [0, 0.1) is 0 Å². The van der Waals surface area contributed by atoms with Crippen LogP contribution in [-0.4, -0.2) is 35.9 Å². The zero-order valence-electron chi connectivity index (χ0n) is 18.0. The average molecular weight is 448 g/mol. The molecule has 0 aromatic heterocycles. The molecular weight excluding hydrogens is 424 g/mol. The molecule has 3 aromatic rings. The number of hydrazone groups is 1. The lowest BCUT2D eigenvalue weighted by atomic mass is 10.2. The molecule has 0 heterocycles. The summed E-state index contributed by atoms with van der Waals surface area (Å²) in [5, 5.41) is 12.5. The molecule has 1 atom stereocenters. The summed E-state index contributed by atoms with van der Waals surface area (Å²) in [6.45, 7) is 1.68. The zero-order valence-corrected chi connectivity index (χ0v) is 18.0. The van der Waals surface area contributed by atoms with Crippen LogP contribution in [0.5, 0.6) is 17.2 Å². The highest BCUT2D eigenvalue weighted by Crippen LogP contribution is 2.19. The van der Waals surface area contributed by atoms with Gasteiger partial charge in [0, 0.05) is 0 Å². The van der Waals surface area contributed by atoms with Gasteiger partial charge in [0.05, 0.1) is 6.21 Å². The van der Waals surface area contributed by atoms with Gasteiger partial charge in [0.15, 0.2) is 12.7 Å². The Hall–Kier alpha value is -4.33. The van der Waals surface area contributed by atoms with E-state index in [1.807, 2.05) is 30.3 Å². The van der Waals surface area contributed by atoms with Gasteiger partial charge in [0.1, 0.15) is 23.9 Å². The molecule has 0 aliphatic rings. The molecule has 0 fully saturated rings. The number of rotatable bonds is 11. The number of carboxylic acids is 1. The second-order valence-corrected chi connectivity index (χ2v) is 6.99. The van der Waals surface area contributed by atoms with Crippen molar-refractivity contribution < 1.29 is 28.9 Å². The second kappa shape index (κ2) is 11.9. The third-order valence-corrected chi connectivity index (χ3v) is 4.38. The van der Waals surface area contributed by atoms with E-state index in [1.165, 1.54) is 6.21 Å². The Morgan fingerprint density at radius 3 is 2.18 bits per heavy atom. The monoisotopic (exact) mass is 448 g/mol. The third kappa shape index (κ3) is 8.02. The lowest BCUT2D eigenvalue weighted by Crippen LogP contribution is -2.33. The number of carbonyl (C=O) groups excluding carboxylic acids is 1. The van der Waals surface area contributed by atoms with Crippen LogP contribution in [0.3, 0.4) is 0 Å². The number of amides is 1. The van der Waals surface area contributed by atoms with E-state index in [-0.39, 0.29) is 0 Å². The predicted molar refractivity (Wildman–Crippen MR) is 123 cm³/mol. The van der Waals surface area contributed by atoms with Crippen LogP contribution in [0.2, 0.25) is 0 Å². The van der Waals surface area contributed by atoms with E-state index in [1.54, 1.807) is 55.5 Å². The highest BCUT2D eigenvalue weighted by Gasteiger charge is 2.14. The van der Waals surface area contributed by atoms with Crippen LogP contribution >= 0.6 is 0 Å². The van der Waals surface area contributed by atoms with Crippen molar-refractivity contribution in [2.75, 3.05) is 6.61 Å². The first-order valence-corrected chi connectivity index (χ1v) is 10.2. The number of hydrogen-bond acceptors (Lipinski definition) is 6. The first-order chi connectivity index (χ1) is 16.0. The zero-order chi connectivity index (χ0) is 23.5. The Bertz CT molecular complexity index is 1070. The Balaban J connectivity index is 1.42. The van der Waals surface area contributed by atoms with Crippen molar-refractivity contribution in [3.05, 3.63) is 90.0 Å². The van der Waals surface area contributed by atoms with Gasteiger partial charge in [-0.05, 0) is 66.6 Å². The first-order valence-electron chi connectivity index (χ1n) is 10.2. The van der Waals surface area contributed by atoms with Gasteiger partial charge in [0.2, 0.25) is 0 Å². The Labute approximate surface area is 191 Å². The van der Waals surface area contributed by atoms with Crippen molar-refractivity contribution in [3.63, 3.8) is 0 Å².